The Kier molecular flexibility index (Phi) is 5.49. The van der Waals surface area contributed by atoms with Crippen LogP contribution in [-0.4, -0.2) is 36.3 Å². The third kappa shape index (κ3) is 4.23. The molecule has 0 bridgehead atoms. The number of amides is 1. The molecule has 4 nitrogen and oxygen atoms in total. The molecular formula is C22H23ClF2N2O2. The second-order valence-electron chi connectivity index (χ2n) is 7.76. The van der Waals surface area contributed by atoms with Gasteiger partial charge in [0.15, 0.2) is 0 Å². The van der Waals surface area contributed by atoms with E-state index in [9.17, 15) is 18.7 Å². The number of halogens is 3. The van der Waals surface area contributed by atoms with E-state index >= 15 is 0 Å². The minimum absolute atomic E-state index is 0.122. The van der Waals surface area contributed by atoms with Gasteiger partial charge in [-0.2, -0.15) is 0 Å². The van der Waals surface area contributed by atoms with Crippen molar-refractivity contribution in [1.82, 2.24) is 5.32 Å². The molecule has 2 aliphatic rings. The van der Waals surface area contributed by atoms with Crippen molar-refractivity contribution in [2.75, 3.05) is 18.0 Å². The first-order valence-corrected chi connectivity index (χ1v) is 10.2. The molecule has 2 saturated heterocycles. The molecule has 4 rings (SSSR count). The minimum Gasteiger partial charge on any atom is -0.373 e. The lowest BCUT2D eigenvalue weighted by Gasteiger charge is -2.33. The summed E-state index contributed by atoms with van der Waals surface area (Å²) < 4.78 is 26.8. The molecule has 0 aliphatic carbocycles. The highest BCUT2D eigenvalue weighted by molar-refractivity contribution is 6.34. The number of carbonyl (C=O) groups excluding carboxylic acids is 1. The minimum atomic E-state index is -2.56. The van der Waals surface area contributed by atoms with Crippen LogP contribution in [0.3, 0.4) is 0 Å². The third-order valence-corrected chi connectivity index (χ3v) is 6.26. The van der Waals surface area contributed by atoms with Crippen molar-refractivity contribution < 1.29 is 18.7 Å². The summed E-state index contributed by atoms with van der Waals surface area (Å²) in [7, 11) is 0. The summed E-state index contributed by atoms with van der Waals surface area (Å²) in [5.41, 5.74) is 3.48. The number of hydrogen-bond donors (Lipinski definition) is 2. The summed E-state index contributed by atoms with van der Waals surface area (Å²) in [6.07, 6.45) is -0.310. The number of alkyl halides is 2. The van der Waals surface area contributed by atoms with Gasteiger partial charge in [-0.1, -0.05) is 41.9 Å². The van der Waals surface area contributed by atoms with Crippen LogP contribution in [0.2, 0.25) is 5.02 Å². The number of benzene rings is 2. The van der Waals surface area contributed by atoms with Crippen LogP contribution < -0.4 is 10.2 Å². The van der Waals surface area contributed by atoms with Gasteiger partial charge in [-0.3, -0.25) is 4.79 Å². The van der Waals surface area contributed by atoms with E-state index in [1.165, 1.54) is 0 Å². The van der Waals surface area contributed by atoms with Crippen molar-refractivity contribution >= 4 is 23.2 Å². The highest BCUT2D eigenvalue weighted by Gasteiger charge is 2.34. The number of hydrogen-bond acceptors (Lipinski definition) is 3. The Bertz CT molecular complexity index is 894. The molecule has 2 unspecified atom stereocenters. The van der Waals surface area contributed by atoms with E-state index in [0.29, 0.717) is 31.0 Å². The quantitative estimate of drug-likeness (QED) is 0.765. The maximum absolute atomic E-state index is 13.4. The molecule has 2 atom stereocenters. The van der Waals surface area contributed by atoms with Crippen LogP contribution in [-0.2, 0) is 4.79 Å². The highest BCUT2D eigenvalue weighted by atomic mass is 35.5. The predicted molar refractivity (Wildman–Crippen MR) is 109 cm³/mol. The molecule has 1 amide bonds. The number of carbonyl (C=O) groups is 1. The van der Waals surface area contributed by atoms with E-state index in [0.717, 1.165) is 22.4 Å². The SMILES string of the molecule is O=C1CCC(c2cccc(-c3ccc(N4CCC(F)(F)CC4)cc3)c2Cl)C(O)N1. The molecule has 0 radical (unpaired) electrons. The number of rotatable bonds is 3. The molecule has 2 aromatic rings. The number of nitrogens with zero attached hydrogens (tertiary/aromatic N) is 1. The van der Waals surface area contributed by atoms with E-state index in [1.54, 1.807) is 0 Å². The monoisotopic (exact) mass is 420 g/mol. The Balaban J connectivity index is 1.55. The van der Waals surface area contributed by atoms with Gasteiger partial charge in [0.2, 0.25) is 5.91 Å². The Hall–Kier alpha value is -2.18. The Morgan fingerprint density at radius 1 is 1.10 bits per heavy atom. The molecule has 7 heteroatoms. The van der Waals surface area contributed by atoms with E-state index in [4.69, 9.17) is 11.6 Å². The number of aliphatic hydroxyl groups is 1. The van der Waals surface area contributed by atoms with Crippen molar-refractivity contribution in [1.29, 1.82) is 0 Å². The van der Waals surface area contributed by atoms with Crippen LogP contribution in [0, 0.1) is 0 Å². The molecule has 2 fully saturated rings. The molecule has 2 aliphatic heterocycles. The fourth-order valence-electron chi connectivity index (χ4n) is 4.11. The lowest BCUT2D eigenvalue weighted by molar-refractivity contribution is -0.127. The van der Waals surface area contributed by atoms with Crippen molar-refractivity contribution in [2.24, 2.45) is 0 Å². The van der Waals surface area contributed by atoms with Gasteiger partial charge in [0.1, 0.15) is 6.23 Å². The van der Waals surface area contributed by atoms with Gasteiger partial charge in [0.25, 0.3) is 5.92 Å². The van der Waals surface area contributed by atoms with E-state index in [1.807, 2.05) is 47.4 Å². The van der Waals surface area contributed by atoms with Gasteiger partial charge in [0, 0.05) is 49.5 Å². The van der Waals surface area contributed by atoms with E-state index in [-0.39, 0.29) is 24.7 Å². The Morgan fingerprint density at radius 2 is 1.79 bits per heavy atom. The van der Waals surface area contributed by atoms with Gasteiger partial charge in [-0.25, -0.2) is 8.78 Å². The normalized spacial score (nSPS) is 24.3. The maximum Gasteiger partial charge on any atom is 0.251 e. The molecule has 0 spiro atoms. The lowest BCUT2D eigenvalue weighted by atomic mass is 9.88. The molecule has 2 N–H and O–H groups in total. The van der Waals surface area contributed by atoms with Gasteiger partial charge in [-0.15, -0.1) is 0 Å². The predicted octanol–water partition coefficient (Wildman–Crippen LogP) is 4.55. The Labute approximate surface area is 173 Å². The van der Waals surface area contributed by atoms with Crippen LogP contribution in [0.25, 0.3) is 11.1 Å². The summed E-state index contributed by atoms with van der Waals surface area (Å²) in [5.74, 6) is -2.98. The molecule has 2 heterocycles. The average Bonchev–Trinajstić information content (AvgIpc) is 2.69. The molecule has 154 valence electrons. The topological polar surface area (TPSA) is 52.6 Å². The zero-order chi connectivity index (χ0) is 20.6. The average molecular weight is 421 g/mol. The van der Waals surface area contributed by atoms with Crippen molar-refractivity contribution in [3.05, 3.63) is 53.1 Å². The van der Waals surface area contributed by atoms with Gasteiger partial charge in [-0.05, 0) is 29.7 Å². The third-order valence-electron chi connectivity index (χ3n) is 5.84. The molecule has 0 aromatic heterocycles. The number of anilines is 1. The van der Waals surface area contributed by atoms with Gasteiger partial charge < -0.3 is 15.3 Å². The smallest absolute Gasteiger partial charge is 0.251 e. The fourth-order valence-corrected chi connectivity index (χ4v) is 4.49. The van der Waals surface area contributed by atoms with Crippen LogP contribution in [0.1, 0.15) is 37.2 Å². The second-order valence-corrected chi connectivity index (χ2v) is 8.13. The molecule has 29 heavy (non-hydrogen) atoms. The second kappa shape index (κ2) is 7.92. The molecular weight excluding hydrogens is 398 g/mol. The van der Waals surface area contributed by atoms with E-state index in [2.05, 4.69) is 5.32 Å². The molecule has 2 aromatic carbocycles. The number of nitrogens with one attached hydrogen (secondary N) is 1. The zero-order valence-corrected chi connectivity index (χ0v) is 16.6. The lowest BCUT2D eigenvalue weighted by Crippen LogP contribution is -2.43. The first-order chi connectivity index (χ1) is 13.8. The van der Waals surface area contributed by atoms with Crippen molar-refractivity contribution in [2.45, 2.75) is 43.8 Å². The van der Waals surface area contributed by atoms with Crippen LogP contribution in [0.4, 0.5) is 14.5 Å². The van der Waals surface area contributed by atoms with Crippen molar-refractivity contribution in [3.8, 4) is 11.1 Å². The van der Waals surface area contributed by atoms with Gasteiger partial charge >= 0.3 is 0 Å². The molecule has 0 saturated carbocycles. The summed E-state index contributed by atoms with van der Waals surface area (Å²) in [4.78, 5) is 13.4. The zero-order valence-electron chi connectivity index (χ0n) is 15.9. The first kappa shape index (κ1) is 20.1. The highest BCUT2D eigenvalue weighted by Crippen LogP contribution is 2.39. The summed E-state index contributed by atoms with van der Waals surface area (Å²) in [6.45, 7) is 0.682. The maximum atomic E-state index is 13.4. The summed E-state index contributed by atoms with van der Waals surface area (Å²) >= 11 is 6.68. The van der Waals surface area contributed by atoms with Crippen LogP contribution in [0.15, 0.2) is 42.5 Å². The van der Waals surface area contributed by atoms with E-state index < -0.39 is 12.2 Å². The largest absolute Gasteiger partial charge is 0.373 e. The summed E-state index contributed by atoms with van der Waals surface area (Å²) in [6, 6.07) is 13.4. The Morgan fingerprint density at radius 3 is 2.45 bits per heavy atom. The number of aliphatic hydroxyl groups excluding tert-OH is 1. The standard InChI is InChI=1S/C22H23ClF2N2O2/c23-20-16(2-1-3-17(20)18-8-9-19(28)26-21(18)29)14-4-6-15(7-5-14)27-12-10-22(24,25)11-13-27/h1-7,18,21,29H,8-13H2,(H,26,28). The first-order valence-electron chi connectivity index (χ1n) is 9.83. The van der Waals surface area contributed by atoms with Gasteiger partial charge in [0.05, 0.1) is 5.02 Å². The van der Waals surface area contributed by atoms with Crippen LogP contribution in [0.5, 0.6) is 0 Å². The number of piperidine rings is 2. The summed E-state index contributed by atoms with van der Waals surface area (Å²) in [5, 5.41) is 13.4. The van der Waals surface area contributed by atoms with Crippen molar-refractivity contribution in [3.63, 3.8) is 0 Å². The fraction of sp³-hybridized carbons (Fsp3) is 0.409. The van der Waals surface area contributed by atoms with Crippen LogP contribution >= 0.6 is 11.6 Å².